The van der Waals surface area contributed by atoms with E-state index < -0.39 is 23.4 Å². The molecule has 3 aromatic heterocycles. The minimum atomic E-state index is -4.69. The summed E-state index contributed by atoms with van der Waals surface area (Å²) in [5, 5.41) is 9.04. The van der Waals surface area contributed by atoms with Crippen LogP contribution in [0.4, 0.5) is 23.8 Å². The molecule has 4 rings (SSSR count). The third kappa shape index (κ3) is 4.78. The summed E-state index contributed by atoms with van der Waals surface area (Å²) in [7, 11) is 0. The number of pyridine rings is 1. The largest absolute Gasteiger partial charge is 0.444 e. The van der Waals surface area contributed by atoms with Crippen LogP contribution in [0.1, 0.15) is 45.7 Å². The normalized spacial score (nSPS) is 18.9. The van der Waals surface area contributed by atoms with Crippen molar-refractivity contribution in [3.8, 4) is 11.9 Å². The highest BCUT2D eigenvalue weighted by Gasteiger charge is 2.40. The van der Waals surface area contributed by atoms with Gasteiger partial charge in [-0.05, 0) is 46.8 Å². The Bertz CT molecular complexity index is 1340. The quantitative estimate of drug-likeness (QED) is 0.508. The predicted octanol–water partition coefficient (Wildman–Crippen LogP) is 4.54. The Morgan fingerprint density at radius 3 is 2.50 bits per heavy atom. The number of alkyl halides is 3. The molecule has 1 amide bonds. The van der Waals surface area contributed by atoms with Crippen molar-refractivity contribution < 1.29 is 22.7 Å². The van der Waals surface area contributed by atoms with Crippen LogP contribution in [-0.2, 0) is 10.9 Å². The monoisotopic (exact) mass is 501 g/mol. The van der Waals surface area contributed by atoms with Crippen LogP contribution in [0.15, 0.2) is 30.9 Å². The van der Waals surface area contributed by atoms with E-state index in [-0.39, 0.29) is 53.4 Å². The van der Waals surface area contributed by atoms with E-state index in [0.717, 1.165) is 6.20 Å². The van der Waals surface area contributed by atoms with Crippen LogP contribution >= 0.6 is 0 Å². The molecule has 0 aromatic carbocycles. The molecule has 0 radical (unpaired) electrons. The number of amides is 1. The Morgan fingerprint density at radius 1 is 1.14 bits per heavy atom. The molecule has 0 spiro atoms. The fourth-order valence-corrected chi connectivity index (χ4v) is 4.27. The van der Waals surface area contributed by atoms with E-state index in [1.807, 2.05) is 19.9 Å². The van der Waals surface area contributed by atoms with Gasteiger partial charge < -0.3 is 14.5 Å². The third-order valence-corrected chi connectivity index (χ3v) is 5.88. The van der Waals surface area contributed by atoms with Crippen LogP contribution in [0.2, 0.25) is 0 Å². The van der Waals surface area contributed by atoms with Crippen molar-refractivity contribution >= 4 is 22.9 Å². The average molecular weight is 502 g/mol. The summed E-state index contributed by atoms with van der Waals surface area (Å²) in [6.07, 6.45) is -1.67. The van der Waals surface area contributed by atoms with Crippen molar-refractivity contribution in [2.45, 2.75) is 58.5 Å². The smallest absolute Gasteiger partial charge is 0.418 e. The maximum Gasteiger partial charge on any atom is 0.418 e. The average Bonchev–Trinajstić information content (AvgIpc) is 3.20. The molecule has 1 unspecified atom stereocenters. The topological polar surface area (TPSA) is 100 Å². The minimum Gasteiger partial charge on any atom is -0.444 e. The lowest BCUT2D eigenvalue weighted by molar-refractivity contribution is -0.136. The van der Waals surface area contributed by atoms with E-state index in [1.165, 1.54) is 29.2 Å². The second-order valence-electron chi connectivity index (χ2n) is 9.80. The highest BCUT2D eigenvalue weighted by atomic mass is 19.4. The molecule has 9 nitrogen and oxygen atoms in total. The highest BCUT2D eigenvalue weighted by molar-refractivity contribution is 5.93. The fourth-order valence-electron chi connectivity index (χ4n) is 4.27. The van der Waals surface area contributed by atoms with E-state index >= 15 is 0 Å². The summed E-state index contributed by atoms with van der Waals surface area (Å²) in [6.45, 7) is 9.45. The number of hydrogen-bond donors (Lipinski definition) is 0. The van der Waals surface area contributed by atoms with Crippen molar-refractivity contribution in [2.75, 3.05) is 18.0 Å². The number of ether oxygens (including phenoxy) is 1. The van der Waals surface area contributed by atoms with Crippen LogP contribution in [-0.4, -0.2) is 61.3 Å². The Morgan fingerprint density at radius 2 is 1.86 bits per heavy atom. The third-order valence-electron chi connectivity index (χ3n) is 5.88. The van der Waals surface area contributed by atoms with Crippen molar-refractivity contribution in [1.29, 1.82) is 5.26 Å². The number of nitriles is 1. The van der Waals surface area contributed by atoms with Gasteiger partial charge in [-0.1, -0.05) is 0 Å². The van der Waals surface area contributed by atoms with Gasteiger partial charge in [0.15, 0.2) is 5.65 Å². The van der Waals surface area contributed by atoms with Gasteiger partial charge >= 0.3 is 12.3 Å². The number of nitrogens with zero attached hydrogens (tertiary/aromatic N) is 7. The van der Waals surface area contributed by atoms with Crippen LogP contribution in [0.3, 0.4) is 0 Å². The van der Waals surface area contributed by atoms with E-state index in [1.54, 1.807) is 30.6 Å². The van der Waals surface area contributed by atoms with Gasteiger partial charge in [-0.25, -0.2) is 19.7 Å². The molecule has 1 aliphatic heterocycles. The van der Waals surface area contributed by atoms with Gasteiger partial charge in [0, 0.05) is 37.6 Å². The van der Waals surface area contributed by atoms with Crippen molar-refractivity contribution in [3.63, 3.8) is 0 Å². The van der Waals surface area contributed by atoms with Crippen molar-refractivity contribution in [2.24, 2.45) is 0 Å². The second-order valence-corrected chi connectivity index (χ2v) is 9.80. The number of carbonyl (C=O) groups is 1. The molecule has 1 fully saturated rings. The minimum absolute atomic E-state index is 0.0179. The summed E-state index contributed by atoms with van der Waals surface area (Å²) in [6, 6.07) is 4.13. The Kier molecular flexibility index (Phi) is 6.28. The van der Waals surface area contributed by atoms with Crippen LogP contribution < -0.4 is 4.90 Å². The zero-order valence-corrected chi connectivity index (χ0v) is 20.5. The number of rotatable bonds is 2. The maximum absolute atomic E-state index is 14.2. The highest BCUT2D eigenvalue weighted by Crippen LogP contribution is 2.41. The van der Waals surface area contributed by atoms with Gasteiger partial charge in [-0.2, -0.15) is 18.4 Å². The lowest BCUT2D eigenvalue weighted by Crippen LogP contribution is -2.59. The molecular weight excluding hydrogens is 475 g/mol. The van der Waals surface area contributed by atoms with Crippen molar-refractivity contribution in [1.82, 2.24) is 24.4 Å². The summed E-state index contributed by atoms with van der Waals surface area (Å²) in [5.74, 6) is 0.251. The summed E-state index contributed by atoms with van der Waals surface area (Å²) < 4.78 is 49.3. The number of halogens is 3. The molecule has 4 heterocycles. The summed E-state index contributed by atoms with van der Waals surface area (Å²) >= 11 is 0. The zero-order chi connectivity index (χ0) is 26.4. The lowest BCUT2D eigenvalue weighted by Gasteiger charge is -2.44. The summed E-state index contributed by atoms with van der Waals surface area (Å²) in [4.78, 5) is 28.6. The first-order valence-electron chi connectivity index (χ1n) is 11.4. The molecule has 36 heavy (non-hydrogen) atoms. The zero-order valence-electron chi connectivity index (χ0n) is 20.5. The van der Waals surface area contributed by atoms with Gasteiger partial charge in [-0.3, -0.25) is 4.57 Å². The van der Waals surface area contributed by atoms with E-state index in [4.69, 9.17) is 4.74 Å². The van der Waals surface area contributed by atoms with Gasteiger partial charge in [-0.15, -0.1) is 0 Å². The van der Waals surface area contributed by atoms with Gasteiger partial charge in [0.05, 0.1) is 22.6 Å². The molecule has 12 heteroatoms. The first kappa shape index (κ1) is 25.2. The Hall–Kier alpha value is -3.88. The molecule has 0 bridgehead atoms. The first-order chi connectivity index (χ1) is 16.8. The fraction of sp³-hybridized carbons (Fsp3) is 0.458. The maximum atomic E-state index is 14.2. The SMILES string of the molecule is CC1CN(C(=O)OC(C)(C)C)[C@@H](C)CN1c1ncnc2c1c(C(F)(F)F)cn2-c1cc(C#N)ccn1. The molecule has 3 aromatic rings. The van der Waals surface area contributed by atoms with E-state index in [9.17, 15) is 23.2 Å². The van der Waals surface area contributed by atoms with Crippen LogP contribution in [0.5, 0.6) is 0 Å². The summed E-state index contributed by atoms with van der Waals surface area (Å²) in [5.41, 5.74) is -1.31. The molecule has 1 saturated heterocycles. The lowest BCUT2D eigenvalue weighted by atomic mass is 10.1. The number of aromatic nitrogens is 4. The Labute approximate surface area is 206 Å². The van der Waals surface area contributed by atoms with Crippen molar-refractivity contribution in [3.05, 3.63) is 42.0 Å². The van der Waals surface area contributed by atoms with Crippen LogP contribution in [0.25, 0.3) is 16.9 Å². The van der Waals surface area contributed by atoms with E-state index in [0.29, 0.717) is 0 Å². The van der Waals surface area contributed by atoms with Gasteiger partial charge in [0.25, 0.3) is 0 Å². The standard InChI is InChI=1S/C24H26F3N7O2/c1-14-11-33(22(35)36-23(3,4)5)15(2)10-32(14)20-19-17(24(25,26)27)12-34(21(19)31-13-30-20)18-8-16(9-28)6-7-29-18/h6-8,12-15H,10-11H2,1-5H3/t14?,15-/m0/s1. The Balaban J connectivity index is 1.79. The number of hydrogen-bond acceptors (Lipinski definition) is 7. The molecule has 1 aliphatic rings. The van der Waals surface area contributed by atoms with E-state index in [2.05, 4.69) is 15.0 Å². The second kappa shape index (κ2) is 8.96. The molecule has 0 aliphatic carbocycles. The molecule has 0 saturated carbocycles. The van der Waals surface area contributed by atoms with Gasteiger partial charge in [0.1, 0.15) is 23.6 Å². The van der Waals surface area contributed by atoms with Gasteiger partial charge in [0.2, 0.25) is 0 Å². The molecule has 0 N–H and O–H groups in total. The molecular formula is C24H26F3N7O2. The molecule has 2 atom stereocenters. The predicted molar refractivity (Wildman–Crippen MR) is 126 cm³/mol. The molecule has 190 valence electrons. The number of anilines is 1. The number of carbonyl (C=O) groups excluding carboxylic acids is 1. The number of piperazine rings is 1. The number of fused-ring (bicyclic) bond motifs is 1. The van der Waals surface area contributed by atoms with Crippen LogP contribution in [0, 0.1) is 11.3 Å². The first-order valence-corrected chi connectivity index (χ1v) is 11.4.